The highest BCUT2D eigenvalue weighted by Crippen LogP contribution is 2.31. The molecule has 2 amide bonds. The maximum atomic E-state index is 15.3. The van der Waals surface area contributed by atoms with Crippen LogP contribution in [-0.4, -0.2) is 89.4 Å². The highest BCUT2D eigenvalue weighted by molar-refractivity contribution is 6.28. The first-order chi connectivity index (χ1) is 16.4. The average Bonchev–Trinajstić information content (AvgIpc) is 3.36. The third kappa shape index (κ3) is 6.04. The fraction of sp³-hybridized carbons (Fsp3) is 0.714. The van der Waals surface area contributed by atoms with Crippen LogP contribution in [0.3, 0.4) is 0 Å². The molecule has 0 radical (unpaired) electrons. The number of morpholine rings is 1. The standard InChI is InChI=1S/C21H31ClFN7O4/c22-21-24-18(17(23)19(25-21)29-6-5-28-7-8-34-12-16(28)11-29)26-27-20(32)15(10-30(33)13-31)9-14-3-1-2-4-14/h13-16,33H,1-12H2,(H,27,32)(H,24,25,26). The van der Waals surface area contributed by atoms with Crippen molar-refractivity contribution >= 4 is 35.6 Å². The number of rotatable bonds is 9. The molecule has 0 aromatic carbocycles. The molecule has 11 nitrogen and oxygen atoms in total. The van der Waals surface area contributed by atoms with Gasteiger partial charge in [-0.05, 0) is 23.9 Å². The molecule has 1 aromatic rings. The molecule has 1 saturated carbocycles. The first-order valence-corrected chi connectivity index (χ1v) is 12.1. The van der Waals surface area contributed by atoms with Crippen LogP contribution in [0.15, 0.2) is 0 Å². The number of hydrogen-bond donors (Lipinski definition) is 3. The maximum absolute atomic E-state index is 15.3. The van der Waals surface area contributed by atoms with E-state index in [0.29, 0.717) is 43.7 Å². The smallest absolute Gasteiger partial charge is 0.243 e. The molecule has 3 fully saturated rings. The fourth-order valence-electron chi connectivity index (χ4n) is 5.04. The Morgan fingerprint density at radius 3 is 2.88 bits per heavy atom. The quantitative estimate of drug-likeness (QED) is 0.199. The van der Waals surface area contributed by atoms with Gasteiger partial charge in [-0.15, -0.1) is 0 Å². The van der Waals surface area contributed by atoms with Gasteiger partial charge in [0.25, 0.3) is 0 Å². The van der Waals surface area contributed by atoms with Gasteiger partial charge in [-0.1, -0.05) is 25.7 Å². The summed E-state index contributed by atoms with van der Waals surface area (Å²) in [6.45, 7) is 3.84. The summed E-state index contributed by atoms with van der Waals surface area (Å²) in [5, 5.41) is 9.93. The first kappa shape index (κ1) is 24.8. The van der Waals surface area contributed by atoms with Gasteiger partial charge in [-0.3, -0.25) is 30.5 Å². The molecule has 2 unspecified atom stereocenters. The summed E-state index contributed by atoms with van der Waals surface area (Å²) in [6.07, 6.45) is 4.98. The summed E-state index contributed by atoms with van der Waals surface area (Å²) in [6, 6.07) is 0.141. The minimum atomic E-state index is -0.723. The minimum absolute atomic E-state index is 0.0620. The van der Waals surface area contributed by atoms with E-state index in [1.54, 1.807) is 0 Å². The van der Waals surface area contributed by atoms with Crippen LogP contribution in [0.4, 0.5) is 16.0 Å². The molecule has 13 heteroatoms. The first-order valence-electron chi connectivity index (χ1n) is 11.7. The number of fused-ring (bicyclic) bond motifs is 1. The van der Waals surface area contributed by atoms with Crippen molar-refractivity contribution in [2.45, 2.75) is 38.1 Å². The van der Waals surface area contributed by atoms with Crippen molar-refractivity contribution in [3.05, 3.63) is 11.1 Å². The van der Waals surface area contributed by atoms with Crippen molar-refractivity contribution in [3.8, 4) is 0 Å². The second-order valence-electron chi connectivity index (χ2n) is 9.11. The molecule has 1 aliphatic carbocycles. The number of carbonyl (C=O) groups is 2. The largest absolute Gasteiger partial charge is 0.378 e. The molecule has 0 bridgehead atoms. The second-order valence-corrected chi connectivity index (χ2v) is 9.45. The number of hydrazine groups is 1. The van der Waals surface area contributed by atoms with Crippen molar-refractivity contribution in [2.24, 2.45) is 11.8 Å². The third-order valence-corrected chi connectivity index (χ3v) is 7.01. The van der Waals surface area contributed by atoms with Crippen molar-refractivity contribution in [2.75, 3.05) is 56.3 Å². The Morgan fingerprint density at radius 1 is 1.32 bits per heavy atom. The monoisotopic (exact) mass is 499 g/mol. The molecule has 2 atom stereocenters. The second kappa shape index (κ2) is 11.4. The Hall–Kier alpha value is -2.28. The van der Waals surface area contributed by atoms with Crippen molar-refractivity contribution in [1.29, 1.82) is 0 Å². The van der Waals surface area contributed by atoms with Gasteiger partial charge in [0, 0.05) is 26.2 Å². The molecule has 34 heavy (non-hydrogen) atoms. The van der Waals surface area contributed by atoms with E-state index in [1.165, 1.54) is 0 Å². The molecule has 188 valence electrons. The summed E-state index contributed by atoms with van der Waals surface area (Å²) in [7, 11) is 0. The number of hydroxylamine groups is 2. The van der Waals surface area contributed by atoms with Crippen molar-refractivity contribution in [3.63, 3.8) is 0 Å². The van der Waals surface area contributed by atoms with Gasteiger partial charge in [0.1, 0.15) is 0 Å². The van der Waals surface area contributed by atoms with Crippen LogP contribution in [0.5, 0.6) is 0 Å². The van der Waals surface area contributed by atoms with Gasteiger partial charge in [-0.25, -0.2) is 5.06 Å². The number of anilines is 2. The molecule has 1 aromatic heterocycles. The zero-order chi connectivity index (χ0) is 24.1. The lowest BCUT2D eigenvalue weighted by atomic mass is 9.92. The Kier molecular flexibility index (Phi) is 8.35. The Labute approximate surface area is 202 Å². The van der Waals surface area contributed by atoms with Gasteiger partial charge in [0.05, 0.1) is 31.7 Å². The molecular formula is C21H31ClFN7O4. The fourth-order valence-corrected chi connectivity index (χ4v) is 5.21. The summed E-state index contributed by atoms with van der Waals surface area (Å²) in [5.41, 5.74) is 4.99. The highest BCUT2D eigenvalue weighted by Gasteiger charge is 2.32. The van der Waals surface area contributed by atoms with E-state index in [1.807, 2.05) is 4.90 Å². The van der Waals surface area contributed by atoms with Crippen LogP contribution < -0.4 is 15.8 Å². The van der Waals surface area contributed by atoms with Gasteiger partial charge in [0.2, 0.25) is 23.4 Å². The number of piperazine rings is 1. The van der Waals surface area contributed by atoms with Crippen molar-refractivity contribution < 1.29 is 23.9 Å². The number of nitrogens with zero attached hydrogens (tertiary/aromatic N) is 5. The van der Waals surface area contributed by atoms with Gasteiger partial charge < -0.3 is 9.64 Å². The highest BCUT2D eigenvalue weighted by atomic mass is 35.5. The van der Waals surface area contributed by atoms with Crippen molar-refractivity contribution in [1.82, 2.24) is 25.4 Å². The molecule has 2 saturated heterocycles. The van der Waals surface area contributed by atoms with Gasteiger partial charge in [-0.2, -0.15) is 14.4 Å². The molecule has 3 heterocycles. The number of aromatic nitrogens is 2. The summed E-state index contributed by atoms with van der Waals surface area (Å²) < 4.78 is 20.9. The van der Waals surface area contributed by atoms with Crippen LogP contribution in [0.1, 0.15) is 32.1 Å². The zero-order valence-electron chi connectivity index (χ0n) is 19.0. The number of hydrogen-bond acceptors (Lipinski definition) is 9. The molecule has 0 spiro atoms. The Balaban J connectivity index is 1.42. The minimum Gasteiger partial charge on any atom is -0.378 e. The zero-order valence-corrected chi connectivity index (χ0v) is 19.7. The van der Waals surface area contributed by atoms with E-state index in [0.717, 1.165) is 38.8 Å². The number of halogens is 2. The maximum Gasteiger partial charge on any atom is 0.243 e. The van der Waals surface area contributed by atoms with E-state index < -0.39 is 17.6 Å². The molecule has 3 N–H and O–H groups in total. The number of carbonyl (C=O) groups excluding carboxylic acids is 2. The predicted molar refractivity (Wildman–Crippen MR) is 122 cm³/mol. The van der Waals surface area contributed by atoms with Crippen LogP contribution in [0.25, 0.3) is 0 Å². The number of amides is 2. The van der Waals surface area contributed by atoms with E-state index in [-0.39, 0.29) is 35.9 Å². The molecular weight excluding hydrogens is 469 g/mol. The van der Waals surface area contributed by atoms with E-state index in [4.69, 9.17) is 16.3 Å². The van der Waals surface area contributed by atoms with Crippen LogP contribution in [-0.2, 0) is 14.3 Å². The Morgan fingerprint density at radius 2 is 2.12 bits per heavy atom. The van der Waals surface area contributed by atoms with E-state index >= 15 is 4.39 Å². The van der Waals surface area contributed by atoms with Crippen LogP contribution >= 0.6 is 11.6 Å². The Bertz CT molecular complexity index is 876. The lowest BCUT2D eigenvalue weighted by Gasteiger charge is -2.44. The number of nitrogens with one attached hydrogen (secondary N) is 2. The normalized spacial score (nSPS) is 22.2. The molecule has 2 aliphatic heterocycles. The predicted octanol–water partition coefficient (Wildman–Crippen LogP) is 1.28. The van der Waals surface area contributed by atoms with Crippen LogP contribution in [0, 0.1) is 17.7 Å². The molecule has 4 rings (SSSR count). The number of ether oxygens (including phenoxy) is 1. The topological polar surface area (TPSA) is 123 Å². The lowest BCUT2D eigenvalue weighted by Crippen LogP contribution is -2.58. The van der Waals surface area contributed by atoms with Gasteiger partial charge in [0.15, 0.2) is 11.6 Å². The SMILES string of the molecule is O=CN(O)CC(CC1CCCC1)C(=O)NNc1nc(Cl)nc(N2CCN3CCOCC3C2)c1F. The van der Waals surface area contributed by atoms with Gasteiger partial charge >= 0.3 is 0 Å². The summed E-state index contributed by atoms with van der Waals surface area (Å²) >= 11 is 6.08. The average molecular weight is 500 g/mol. The molecule has 3 aliphatic rings. The third-order valence-electron chi connectivity index (χ3n) is 6.84. The van der Waals surface area contributed by atoms with E-state index in [2.05, 4.69) is 25.7 Å². The van der Waals surface area contributed by atoms with E-state index in [9.17, 15) is 14.8 Å². The summed E-state index contributed by atoms with van der Waals surface area (Å²) in [4.78, 5) is 35.8. The summed E-state index contributed by atoms with van der Waals surface area (Å²) in [5.74, 6) is -1.70. The van der Waals surface area contributed by atoms with Crippen LogP contribution in [0.2, 0.25) is 5.28 Å². The lowest BCUT2D eigenvalue weighted by molar-refractivity contribution is -0.154.